The summed E-state index contributed by atoms with van der Waals surface area (Å²) in [6.45, 7) is 3.07. The Labute approximate surface area is 114 Å². The molecule has 5 nitrogen and oxygen atoms in total. The maximum atomic E-state index is 11.2. The molecule has 0 N–H and O–H groups in total. The normalized spacial score (nSPS) is 10.7. The van der Waals surface area contributed by atoms with Gasteiger partial charge in [0.1, 0.15) is 0 Å². The van der Waals surface area contributed by atoms with Crippen LogP contribution >= 0.6 is 0 Å². The van der Waals surface area contributed by atoms with Crippen LogP contribution in [-0.4, -0.2) is 56.3 Å². The van der Waals surface area contributed by atoms with Crippen LogP contribution in [0.2, 0.25) is 0 Å². The Morgan fingerprint density at radius 1 is 1.21 bits per heavy atom. The third-order valence-corrected chi connectivity index (χ3v) is 2.94. The molecular formula is C14H22N2O3. The van der Waals surface area contributed by atoms with Crippen LogP contribution in [0.4, 0.5) is 0 Å². The molecule has 0 amide bonds. The Kier molecular flexibility index (Phi) is 7.77. The number of pyridine rings is 1. The van der Waals surface area contributed by atoms with E-state index in [-0.39, 0.29) is 5.97 Å². The van der Waals surface area contributed by atoms with E-state index in [4.69, 9.17) is 4.74 Å². The monoisotopic (exact) mass is 266 g/mol. The molecule has 0 radical (unpaired) electrons. The zero-order chi connectivity index (χ0) is 13.9. The van der Waals surface area contributed by atoms with Gasteiger partial charge in [-0.1, -0.05) is 0 Å². The molecule has 0 aliphatic carbocycles. The van der Waals surface area contributed by atoms with Crippen molar-refractivity contribution in [2.45, 2.75) is 12.8 Å². The fraction of sp³-hybridized carbons (Fsp3) is 0.571. The predicted octanol–water partition coefficient (Wildman–Crippen LogP) is 1.14. The highest BCUT2D eigenvalue weighted by Gasteiger charge is 2.08. The molecule has 0 unspecified atom stereocenters. The molecule has 0 bridgehead atoms. The minimum atomic E-state index is -0.175. The van der Waals surface area contributed by atoms with Gasteiger partial charge in [-0.15, -0.1) is 0 Å². The summed E-state index contributed by atoms with van der Waals surface area (Å²) in [4.78, 5) is 17.4. The quantitative estimate of drug-likeness (QED) is 0.627. The fourth-order valence-electron chi connectivity index (χ4n) is 1.74. The van der Waals surface area contributed by atoms with E-state index in [1.807, 2.05) is 12.1 Å². The van der Waals surface area contributed by atoms with Crippen molar-refractivity contribution in [1.29, 1.82) is 0 Å². The molecule has 0 aliphatic heterocycles. The van der Waals surface area contributed by atoms with E-state index in [9.17, 15) is 4.79 Å². The number of rotatable bonds is 9. The molecule has 0 atom stereocenters. The van der Waals surface area contributed by atoms with Crippen molar-refractivity contribution in [1.82, 2.24) is 9.88 Å². The standard InChI is InChI=1S/C14H22N2O3/c1-18-12-11-16(10-6-14(17)19-2)9-5-13-3-7-15-8-4-13/h3-4,7-8H,5-6,9-12H2,1-2H3. The Morgan fingerprint density at radius 3 is 2.58 bits per heavy atom. The number of hydrogen-bond donors (Lipinski definition) is 0. The number of methoxy groups -OCH3 is 2. The van der Waals surface area contributed by atoms with E-state index in [0.29, 0.717) is 19.6 Å². The second kappa shape index (κ2) is 9.47. The Hall–Kier alpha value is -1.46. The number of carbonyl (C=O) groups is 1. The van der Waals surface area contributed by atoms with E-state index in [1.165, 1.54) is 12.7 Å². The molecule has 0 spiro atoms. The number of carbonyl (C=O) groups excluding carboxylic acids is 1. The van der Waals surface area contributed by atoms with Crippen molar-refractivity contribution in [3.05, 3.63) is 30.1 Å². The summed E-state index contributed by atoms with van der Waals surface area (Å²) in [5, 5.41) is 0. The van der Waals surface area contributed by atoms with E-state index in [2.05, 4.69) is 14.6 Å². The van der Waals surface area contributed by atoms with Gasteiger partial charge in [0.15, 0.2) is 0 Å². The average Bonchev–Trinajstić information content (AvgIpc) is 2.47. The minimum Gasteiger partial charge on any atom is -0.469 e. The summed E-state index contributed by atoms with van der Waals surface area (Å²) in [7, 11) is 3.10. The highest BCUT2D eigenvalue weighted by molar-refractivity contribution is 5.69. The van der Waals surface area contributed by atoms with Crippen molar-refractivity contribution >= 4 is 5.97 Å². The summed E-state index contributed by atoms with van der Waals surface area (Å²) in [5.41, 5.74) is 1.25. The van der Waals surface area contributed by atoms with E-state index < -0.39 is 0 Å². The number of ether oxygens (including phenoxy) is 2. The van der Waals surface area contributed by atoms with Crippen LogP contribution in [0, 0.1) is 0 Å². The third-order valence-electron chi connectivity index (χ3n) is 2.94. The van der Waals surface area contributed by atoms with Gasteiger partial charge in [0.05, 0.1) is 20.1 Å². The summed E-state index contributed by atoms with van der Waals surface area (Å²) >= 11 is 0. The van der Waals surface area contributed by atoms with Gasteiger partial charge in [0, 0.05) is 39.1 Å². The summed E-state index contributed by atoms with van der Waals surface area (Å²) in [6.07, 6.45) is 4.94. The largest absolute Gasteiger partial charge is 0.469 e. The van der Waals surface area contributed by atoms with Gasteiger partial charge in [-0.2, -0.15) is 0 Å². The molecule has 5 heteroatoms. The molecule has 1 heterocycles. The number of nitrogens with zero attached hydrogens (tertiary/aromatic N) is 2. The first-order chi connectivity index (χ1) is 9.26. The molecule has 0 saturated heterocycles. The molecule has 1 aromatic heterocycles. The van der Waals surface area contributed by atoms with Crippen LogP contribution in [-0.2, 0) is 20.7 Å². The van der Waals surface area contributed by atoms with Crippen LogP contribution < -0.4 is 0 Å². The summed E-state index contributed by atoms with van der Waals surface area (Å²) in [5.74, 6) is -0.175. The van der Waals surface area contributed by atoms with Crippen LogP contribution in [0.15, 0.2) is 24.5 Å². The number of esters is 1. The average molecular weight is 266 g/mol. The van der Waals surface area contributed by atoms with Gasteiger partial charge in [0.2, 0.25) is 0 Å². The van der Waals surface area contributed by atoms with Gasteiger partial charge >= 0.3 is 5.97 Å². The highest BCUT2D eigenvalue weighted by Crippen LogP contribution is 2.01. The smallest absolute Gasteiger partial charge is 0.306 e. The lowest BCUT2D eigenvalue weighted by molar-refractivity contribution is -0.141. The van der Waals surface area contributed by atoms with Gasteiger partial charge in [-0.25, -0.2) is 0 Å². The van der Waals surface area contributed by atoms with Crippen molar-refractivity contribution in [2.24, 2.45) is 0 Å². The second-order valence-electron chi connectivity index (χ2n) is 4.27. The molecule has 19 heavy (non-hydrogen) atoms. The first-order valence-corrected chi connectivity index (χ1v) is 6.43. The zero-order valence-corrected chi connectivity index (χ0v) is 11.7. The lowest BCUT2D eigenvalue weighted by atomic mass is 10.2. The van der Waals surface area contributed by atoms with E-state index in [1.54, 1.807) is 19.5 Å². The van der Waals surface area contributed by atoms with Gasteiger partial charge in [-0.05, 0) is 24.1 Å². The van der Waals surface area contributed by atoms with Crippen LogP contribution in [0.3, 0.4) is 0 Å². The molecule has 0 aliphatic rings. The summed E-state index contributed by atoms with van der Waals surface area (Å²) < 4.78 is 9.75. The van der Waals surface area contributed by atoms with E-state index >= 15 is 0 Å². The lowest BCUT2D eigenvalue weighted by Gasteiger charge is -2.21. The predicted molar refractivity (Wildman–Crippen MR) is 72.9 cm³/mol. The minimum absolute atomic E-state index is 0.175. The Bertz CT molecular complexity index is 357. The lowest BCUT2D eigenvalue weighted by Crippen LogP contribution is -2.32. The molecular weight excluding hydrogens is 244 g/mol. The van der Waals surface area contributed by atoms with Gasteiger partial charge in [-0.3, -0.25) is 9.78 Å². The van der Waals surface area contributed by atoms with Crippen molar-refractivity contribution in [3.63, 3.8) is 0 Å². The Balaban J connectivity index is 2.37. The van der Waals surface area contributed by atoms with Crippen LogP contribution in [0.1, 0.15) is 12.0 Å². The second-order valence-corrected chi connectivity index (χ2v) is 4.27. The van der Waals surface area contributed by atoms with Crippen molar-refractivity contribution in [3.8, 4) is 0 Å². The molecule has 1 aromatic rings. The van der Waals surface area contributed by atoms with Crippen LogP contribution in [0.5, 0.6) is 0 Å². The SMILES string of the molecule is COCCN(CCC(=O)OC)CCc1ccncc1. The highest BCUT2D eigenvalue weighted by atomic mass is 16.5. The van der Waals surface area contributed by atoms with Crippen LogP contribution in [0.25, 0.3) is 0 Å². The van der Waals surface area contributed by atoms with Gasteiger partial charge < -0.3 is 14.4 Å². The molecule has 0 saturated carbocycles. The third kappa shape index (κ3) is 6.88. The molecule has 0 aromatic carbocycles. The maximum absolute atomic E-state index is 11.2. The molecule has 106 valence electrons. The molecule has 1 rings (SSSR count). The van der Waals surface area contributed by atoms with E-state index in [0.717, 1.165) is 19.5 Å². The zero-order valence-electron chi connectivity index (χ0n) is 11.7. The number of hydrogen-bond acceptors (Lipinski definition) is 5. The molecule has 0 fully saturated rings. The Morgan fingerprint density at radius 2 is 1.95 bits per heavy atom. The maximum Gasteiger partial charge on any atom is 0.306 e. The number of aromatic nitrogens is 1. The van der Waals surface area contributed by atoms with Crippen molar-refractivity contribution < 1.29 is 14.3 Å². The fourth-order valence-corrected chi connectivity index (χ4v) is 1.74. The topological polar surface area (TPSA) is 51.7 Å². The van der Waals surface area contributed by atoms with Gasteiger partial charge in [0.25, 0.3) is 0 Å². The first kappa shape index (κ1) is 15.6. The summed E-state index contributed by atoms with van der Waals surface area (Å²) in [6, 6.07) is 4.02. The first-order valence-electron chi connectivity index (χ1n) is 6.43. The van der Waals surface area contributed by atoms with Crippen molar-refractivity contribution in [2.75, 3.05) is 40.5 Å².